The predicted octanol–water partition coefficient (Wildman–Crippen LogP) is 0.779. The highest BCUT2D eigenvalue weighted by atomic mass is 32.2. The van der Waals surface area contributed by atoms with E-state index in [-0.39, 0.29) is 17.2 Å². The van der Waals surface area contributed by atoms with Crippen molar-refractivity contribution in [2.75, 3.05) is 30.3 Å². The molecule has 1 heterocycles. The van der Waals surface area contributed by atoms with E-state index in [1.807, 2.05) is 0 Å². The molecule has 0 aliphatic carbocycles. The van der Waals surface area contributed by atoms with Crippen molar-refractivity contribution >= 4 is 21.6 Å². The molecule has 0 bridgehead atoms. The summed E-state index contributed by atoms with van der Waals surface area (Å²) >= 11 is 1.73. The molecule has 0 aromatic carbocycles. The van der Waals surface area contributed by atoms with Crippen molar-refractivity contribution < 1.29 is 8.42 Å². The van der Waals surface area contributed by atoms with Crippen LogP contribution in [-0.4, -0.2) is 55.1 Å². The Balaban J connectivity index is 2.93. The van der Waals surface area contributed by atoms with Crippen LogP contribution in [-0.2, 0) is 9.84 Å². The molecule has 1 fully saturated rings. The number of nitrogens with two attached hydrogens (primary N) is 1. The minimum absolute atomic E-state index is 0.169. The van der Waals surface area contributed by atoms with Crippen LogP contribution in [0.1, 0.15) is 20.8 Å². The summed E-state index contributed by atoms with van der Waals surface area (Å²) in [4.78, 5) is 2.11. The van der Waals surface area contributed by atoms with Gasteiger partial charge in [-0.05, 0) is 5.92 Å². The van der Waals surface area contributed by atoms with Crippen molar-refractivity contribution in [3.63, 3.8) is 0 Å². The quantitative estimate of drug-likeness (QED) is 0.806. The Labute approximate surface area is 109 Å². The Morgan fingerprint density at radius 3 is 2.59 bits per heavy atom. The van der Waals surface area contributed by atoms with Gasteiger partial charge >= 0.3 is 0 Å². The van der Waals surface area contributed by atoms with Crippen molar-refractivity contribution in [3.8, 4) is 0 Å². The van der Waals surface area contributed by atoms with E-state index in [1.165, 1.54) is 0 Å². The topological polar surface area (TPSA) is 63.4 Å². The molecule has 1 saturated heterocycles. The smallest absolute Gasteiger partial charge is 0.166 e. The highest BCUT2D eigenvalue weighted by molar-refractivity contribution is 8.01. The van der Waals surface area contributed by atoms with Gasteiger partial charge in [0.05, 0.1) is 0 Å². The second-order valence-electron chi connectivity index (χ2n) is 4.77. The molecular weight excluding hydrogens is 256 g/mol. The number of thioether (sulfide) groups is 1. The second-order valence-corrected chi connectivity index (χ2v) is 8.36. The normalized spacial score (nSPS) is 25.1. The summed E-state index contributed by atoms with van der Waals surface area (Å²) in [6.07, 6.45) is 0. The van der Waals surface area contributed by atoms with E-state index in [9.17, 15) is 8.42 Å². The van der Waals surface area contributed by atoms with Crippen LogP contribution in [0, 0.1) is 5.92 Å². The number of rotatable bonds is 5. The Bertz CT molecular complexity index is 330. The lowest BCUT2D eigenvalue weighted by atomic mass is 10.0. The number of nitrogens with zero attached hydrogens (tertiary/aromatic N) is 1. The van der Waals surface area contributed by atoms with Crippen molar-refractivity contribution in [3.05, 3.63) is 0 Å². The lowest BCUT2D eigenvalue weighted by molar-refractivity contribution is 0.156. The summed E-state index contributed by atoms with van der Waals surface area (Å²) in [6, 6.07) is 0.169. The summed E-state index contributed by atoms with van der Waals surface area (Å²) in [6.45, 7) is 7.29. The molecule has 0 amide bonds. The van der Waals surface area contributed by atoms with Crippen LogP contribution in [0.3, 0.4) is 0 Å². The van der Waals surface area contributed by atoms with E-state index in [0.29, 0.717) is 18.2 Å². The SMILES string of the molecule is CCS(=O)(=O)C1CSCCN1C(CN)C(C)C. The van der Waals surface area contributed by atoms with Crippen molar-refractivity contribution in [2.45, 2.75) is 32.2 Å². The molecule has 102 valence electrons. The summed E-state index contributed by atoms with van der Waals surface area (Å²) in [5, 5.41) is -0.345. The third-order valence-corrected chi connectivity index (χ3v) is 6.68. The van der Waals surface area contributed by atoms with E-state index in [4.69, 9.17) is 5.73 Å². The van der Waals surface area contributed by atoms with Gasteiger partial charge in [0, 0.05) is 36.4 Å². The monoisotopic (exact) mass is 280 g/mol. The van der Waals surface area contributed by atoms with Crippen molar-refractivity contribution in [1.29, 1.82) is 0 Å². The van der Waals surface area contributed by atoms with E-state index in [0.717, 1.165) is 12.3 Å². The lowest BCUT2D eigenvalue weighted by Crippen LogP contribution is -2.56. The molecule has 2 unspecified atom stereocenters. The average Bonchev–Trinajstić information content (AvgIpc) is 2.30. The van der Waals surface area contributed by atoms with Crippen LogP contribution in [0.2, 0.25) is 0 Å². The maximum Gasteiger partial charge on any atom is 0.166 e. The van der Waals surface area contributed by atoms with Gasteiger partial charge in [0.1, 0.15) is 5.37 Å². The molecule has 4 nitrogen and oxygen atoms in total. The first-order chi connectivity index (χ1) is 7.94. The van der Waals surface area contributed by atoms with Gasteiger partial charge in [-0.25, -0.2) is 8.42 Å². The molecule has 0 aromatic rings. The van der Waals surface area contributed by atoms with Crippen LogP contribution in [0.4, 0.5) is 0 Å². The first-order valence-corrected chi connectivity index (χ1v) is 9.06. The lowest BCUT2D eigenvalue weighted by Gasteiger charge is -2.41. The molecular formula is C11H24N2O2S2. The predicted molar refractivity (Wildman–Crippen MR) is 75.0 cm³/mol. The molecule has 1 rings (SSSR count). The molecule has 2 atom stereocenters. The average molecular weight is 280 g/mol. The summed E-state index contributed by atoms with van der Waals surface area (Å²) in [7, 11) is -3.01. The highest BCUT2D eigenvalue weighted by Gasteiger charge is 2.37. The third-order valence-electron chi connectivity index (χ3n) is 3.38. The van der Waals surface area contributed by atoms with Crippen LogP contribution < -0.4 is 5.73 Å². The van der Waals surface area contributed by atoms with Gasteiger partial charge in [-0.2, -0.15) is 11.8 Å². The van der Waals surface area contributed by atoms with E-state index < -0.39 is 9.84 Å². The maximum absolute atomic E-state index is 12.1. The first kappa shape index (κ1) is 15.3. The first-order valence-electron chi connectivity index (χ1n) is 6.19. The van der Waals surface area contributed by atoms with Gasteiger partial charge in [-0.15, -0.1) is 0 Å². The second kappa shape index (κ2) is 6.41. The maximum atomic E-state index is 12.1. The fourth-order valence-electron chi connectivity index (χ4n) is 2.27. The standard InChI is InChI=1S/C11H24N2O2S2/c1-4-17(14,15)11-8-16-6-5-13(11)10(7-12)9(2)3/h9-11H,4-8,12H2,1-3H3. The van der Waals surface area contributed by atoms with Crippen LogP contribution in [0.15, 0.2) is 0 Å². The van der Waals surface area contributed by atoms with Crippen molar-refractivity contribution in [2.24, 2.45) is 11.7 Å². The number of sulfone groups is 1. The van der Waals surface area contributed by atoms with Crippen LogP contribution >= 0.6 is 11.8 Å². The Morgan fingerprint density at radius 1 is 1.47 bits per heavy atom. The summed E-state index contributed by atoms with van der Waals surface area (Å²) in [5.74, 6) is 2.28. The number of hydrogen-bond donors (Lipinski definition) is 1. The highest BCUT2D eigenvalue weighted by Crippen LogP contribution is 2.25. The Morgan fingerprint density at radius 2 is 2.12 bits per heavy atom. The van der Waals surface area contributed by atoms with Gasteiger partial charge < -0.3 is 5.73 Å². The zero-order valence-corrected chi connectivity index (χ0v) is 12.6. The van der Waals surface area contributed by atoms with E-state index in [2.05, 4.69) is 18.7 Å². The fraction of sp³-hybridized carbons (Fsp3) is 1.00. The van der Waals surface area contributed by atoms with Crippen LogP contribution in [0.25, 0.3) is 0 Å². The van der Waals surface area contributed by atoms with Gasteiger partial charge in [0.15, 0.2) is 9.84 Å². The van der Waals surface area contributed by atoms with Gasteiger partial charge in [-0.3, -0.25) is 4.90 Å². The van der Waals surface area contributed by atoms with E-state index in [1.54, 1.807) is 18.7 Å². The van der Waals surface area contributed by atoms with Crippen LogP contribution in [0.5, 0.6) is 0 Å². The summed E-state index contributed by atoms with van der Waals surface area (Å²) in [5.41, 5.74) is 5.81. The Hall–Kier alpha value is 0.220. The van der Waals surface area contributed by atoms with Gasteiger partial charge in [0.25, 0.3) is 0 Å². The molecule has 17 heavy (non-hydrogen) atoms. The van der Waals surface area contributed by atoms with Gasteiger partial charge in [-0.1, -0.05) is 20.8 Å². The summed E-state index contributed by atoms with van der Waals surface area (Å²) < 4.78 is 24.2. The molecule has 0 aromatic heterocycles. The molecule has 0 spiro atoms. The fourth-order valence-corrected chi connectivity index (χ4v) is 5.34. The molecule has 2 N–H and O–H groups in total. The Kier molecular flexibility index (Phi) is 5.76. The molecule has 1 aliphatic heterocycles. The van der Waals surface area contributed by atoms with Crippen molar-refractivity contribution in [1.82, 2.24) is 4.90 Å². The minimum Gasteiger partial charge on any atom is -0.329 e. The molecule has 0 radical (unpaired) electrons. The minimum atomic E-state index is -3.01. The number of hydrogen-bond acceptors (Lipinski definition) is 5. The van der Waals surface area contributed by atoms with Gasteiger partial charge in [0.2, 0.25) is 0 Å². The molecule has 6 heteroatoms. The molecule has 1 aliphatic rings. The zero-order valence-electron chi connectivity index (χ0n) is 10.9. The zero-order chi connectivity index (χ0) is 13.1. The molecule has 0 saturated carbocycles. The largest absolute Gasteiger partial charge is 0.329 e. The van der Waals surface area contributed by atoms with E-state index >= 15 is 0 Å². The third kappa shape index (κ3) is 3.59.